The predicted molar refractivity (Wildman–Crippen MR) is 67.0 cm³/mol. The summed E-state index contributed by atoms with van der Waals surface area (Å²) in [6.07, 6.45) is 4.92. The molecule has 1 aliphatic carbocycles. The molecule has 4 heteroatoms. The molecule has 0 saturated carbocycles. The van der Waals surface area contributed by atoms with Gasteiger partial charge in [0.25, 0.3) is 0 Å². The SMILES string of the molecule is NC1(O)C=CC(Nc2ccccc2)=CC1CO. The quantitative estimate of drug-likeness (QED) is 0.581. The van der Waals surface area contributed by atoms with Crippen LogP contribution in [0.15, 0.2) is 54.3 Å². The fourth-order valence-electron chi connectivity index (χ4n) is 1.72. The summed E-state index contributed by atoms with van der Waals surface area (Å²) < 4.78 is 0. The van der Waals surface area contributed by atoms with E-state index in [0.717, 1.165) is 11.4 Å². The van der Waals surface area contributed by atoms with Gasteiger partial charge in [-0.1, -0.05) is 24.3 Å². The van der Waals surface area contributed by atoms with Gasteiger partial charge in [-0.05, 0) is 24.3 Å². The first kappa shape index (κ1) is 11.9. The molecule has 0 spiro atoms. The molecule has 1 aromatic carbocycles. The van der Waals surface area contributed by atoms with Crippen LogP contribution in [0.1, 0.15) is 0 Å². The van der Waals surface area contributed by atoms with Crippen LogP contribution in [0.4, 0.5) is 5.69 Å². The van der Waals surface area contributed by atoms with Crippen molar-refractivity contribution in [3.8, 4) is 0 Å². The van der Waals surface area contributed by atoms with Gasteiger partial charge in [0.15, 0.2) is 0 Å². The van der Waals surface area contributed by atoms with Gasteiger partial charge < -0.3 is 15.5 Å². The molecule has 0 heterocycles. The number of hydrogen-bond donors (Lipinski definition) is 4. The third-order valence-electron chi connectivity index (χ3n) is 2.76. The van der Waals surface area contributed by atoms with Crippen molar-refractivity contribution in [2.24, 2.45) is 11.7 Å². The molecule has 17 heavy (non-hydrogen) atoms. The minimum Gasteiger partial charge on any atom is -0.396 e. The minimum absolute atomic E-state index is 0.197. The second-order valence-corrected chi connectivity index (χ2v) is 4.12. The zero-order chi connectivity index (χ0) is 12.3. The van der Waals surface area contributed by atoms with Crippen molar-refractivity contribution in [3.63, 3.8) is 0 Å². The van der Waals surface area contributed by atoms with Gasteiger partial charge in [0.1, 0.15) is 5.72 Å². The first-order valence-electron chi connectivity index (χ1n) is 5.47. The smallest absolute Gasteiger partial charge is 0.141 e. The first-order chi connectivity index (χ1) is 8.12. The van der Waals surface area contributed by atoms with Crippen molar-refractivity contribution in [2.75, 3.05) is 11.9 Å². The molecule has 2 atom stereocenters. The molecule has 0 saturated heterocycles. The van der Waals surface area contributed by atoms with Crippen LogP contribution in [0.5, 0.6) is 0 Å². The molecule has 2 unspecified atom stereocenters. The Morgan fingerprint density at radius 3 is 2.65 bits per heavy atom. The molecule has 5 N–H and O–H groups in total. The lowest BCUT2D eigenvalue weighted by Gasteiger charge is -2.30. The molecule has 0 aromatic heterocycles. The van der Waals surface area contributed by atoms with Gasteiger partial charge in [0.05, 0.1) is 6.61 Å². The number of allylic oxidation sites excluding steroid dienone is 1. The van der Waals surface area contributed by atoms with E-state index in [4.69, 9.17) is 10.8 Å². The van der Waals surface area contributed by atoms with Crippen molar-refractivity contribution in [2.45, 2.75) is 5.72 Å². The van der Waals surface area contributed by atoms with Gasteiger partial charge in [-0.3, -0.25) is 5.73 Å². The van der Waals surface area contributed by atoms with Crippen molar-refractivity contribution in [1.29, 1.82) is 0 Å². The van der Waals surface area contributed by atoms with Crippen molar-refractivity contribution < 1.29 is 10.2 Å². The molecule has 0 fully saturated rings. The summed E-state index contributed by atoms with van der Waals surface area (Å²) in [5.74, 6) is -0.501. The summed E-state index contributed by atoms with van der Waals surface area (Å²) in [5.41, 5.74) is 5.91. The number of nitrogens with two attached hydrogens (primary N) is 1. The Hall–Kier alpha value is -1.62. The second kappa shape index (κ2) is 4.71. The number of rotatable bonds is 3. The molecular formula is C13H16N2O2. The summed E-state index contributed by atoms with van der Waals surface area (Å²) in [5, 5.41) is 22.1. The molecule has 0 bridgehead atoms. The summed E-state index contributed by atoms with van der Waals surface area (Å²) in [6, 6.07) is 9.67. The summed E-state index contributed by atoms with van der Waals surface area (Å²) >= 11 is 0. The average Bonchev–Trinajstić information content (AvgIpc) is 2.33. The Morgan fingerprint density at radius 1 is 1.29 bits per heavy atom. The average molecular weight is 232 g/mol. The summed E-state index contributed by atoms with van der Waals surface area (Å²) in [7, 11) is 0. The Balaban J connectivity index is 2.14. The molecule has 2 rings (SSSR count). The monoisotopic (exact) mass is 232 g/mol. The molecule has 0 amide bonds. The standard InChI is InChI=1S/C13H16N2O2/c14-13(17)7-6-12(8-10(13)9-16)15-11-4-2-1-3-5-11/h1-8,10,15-17H,9,14H2. The molecule has 1 aromatic rings. The molecular weight excluding hydrogens is 216 g/mol. The second-order valence-electron chi connectivity index (χ2n) is 4.12. The lowest BCUT2D eigenvalue weighted by molar-refractivity contribution is 0.0264. The van der Waals surface area contributed by atoms with E-state index in [1.807, 2.05) is 30.3 Å². The Labute approximate surface area is 100 Å². The van der Waals surface area contributed by atoms with Crippen molar-refractivity contribution >= 4 is 5.69 Å². The lowest BCUT2D eigenvalue weighted by Crippen LogP contribution is -2.47. The van der Waals surface area contributed by atoms with E-state index in [2.05, 4.69) is 5.32 Å². The Morgan fingerprint density at radius 2 is 2.00 bits per heavy atom. The number of anilines is 1. The molecule has 4 nitrogen and oxygen atoms in total. The van der Waals surface area contributed by atoms with Crippen LogP contribution in [0, 0.1) is 5.92 Å². The number of aliphatic hydroxyl groups is 2. The number of benzene rings is 1. The highest BCUT2D eigenvalue weighted by Crippen LogP contribution is 2.23. The topological polar surface area (TPSA) is 78.5 Å². The third-order valence-corrected chi connectivity index (χ3v) is 2.76. The number of para-hydroxylation sites is 1. The maximum absolute atomic E-state index is 9.78. The van der Waals surface area contributed by atoms with Gasteiger partial charge in [-0.2, -0.15) is 0 Å². The normalized spacial score (nSPS) is 27.7. The fraction of sp³-hybridized carbons (Fsp3) is 0.231. The van der Waals surface area contributed by atoms with Crippen molar-refractivity contribution in [1.82, 2.24) is 0 Å². The highest BCUT2D eigenvalue weighted by molar-refractivity contribution is 5.51. The largest absolute Gasteiger partial charge is 0.396 e. The molecule has 0 aliphatic heterocycles. The number of aliphatic hydroxyl groups excluding tert-OH is 1. The van der Waals surface area contributed by atoms with Crippen LogP contribution in [0.3, 0.4) is 0 Å². The molecule has 1 aliphatic rings. The van der Waals surface area contributed by atoms with Gasteiger partial charge in [0, 0.05) is 17.3 Å². The molecule has 0 radical (unpaired) electrons. The van der Waals surface area contributed by atoms with Gasteiger partial charge in [0.2, 0.25) is 0 Å². The minimum atomic E-state index is -1.48. The van der Waals surface area contributed by atoms with E-state index >= 15 is 0 Å². The van der Waals surface area contributed by atoms with Gasteiger partial charge in [-0.25, -0.2) is 0 Å². The maximum Gasteiger partial charge on any atom is 0.141 e. The van der Waals surface area contributed by atoms with E-state index in [0.29, 0.717) is 0 Å². The van der Waals surface area contributed by atoms with Crippen LogP contribution in [0.2, 0.25) is 0 Å². The third kappa shape index (κ3) is 2.74. The zero-order valence-corrected chi connectivity index (χ0v) is 9.38. The van der Waals surface area contributed by atoms with Crippen LogP contribution >= 0.6 is 0 Å². The fourth-order valence-corrected chi connectivity index (χ4v) is 1.72. The number of nitrogens with one attached hydrogen (secondary N) is 1. The number of hydrogen-bond acceptors (Lipinski definition) is 4. The highest BCUT2D eigenvalue weighted by Gasteiger charge is 2.30. The Kier molecular flexibility index (Phi) is 3.28. The van der Waals surface area contributed by atoms with E-state index in [1.54, 1.807) is 12.2 Å². The van der Waals surface area contributed by atoms with E-state index in [1.165, 1.54) is 6.08 Å². The van der Waals surface area contributed by atoms with E-state index < -0.39 is 11.6 Å². The lowest BCUT2D eigenvalue weighted by atomic mass is 9.91. The van der Waals surface area contributed by atoms with Crippen LogP contribution in [0.25, 0.3) is 0 Å². The van der Waals surface area contributed by atoms with E-state index in [9.17, 15) is 5.11 Å². The predicted octanol–water partition coefficient (Wildman–Crippen LogP) is 0.808. The highest BCUT2D eigenvalue weighted by atomic mass is 16.3. The van der Waals surface area contributed by atoms with Crippen molar-refractivity contribution in [3.05, 3.63) is 54.3 Å². The maximum atomic E-state index is 9.78. The van der Waals surface area contributed by atoms with Gasteiger partial charge in [-0.15, -0.1) is 0 Å². The van der Waals surface area contributed by atoms with Crippen LogP contribution < -0.4 is 11.1 Å². The zero-order valence-electron chi connectivity index (χ0n) is 9.38. The Bertz CT molecular complexity index is 438. The first-order valence-corrected chi connectivity index (χ1v) is 5.47. The van der Waals surface area contributed by atoms with Crippen LogP contribution in [-0.4, -0.2) is 22.5 Å². The summed E-state index contributed by atoms with van der Waals surface area (Å²) in [4.78, 5) is 0. The summed E-state index contributed by atoms with van der Waals surface area (Å²) in [6.45, 7) is -0.197. The molecule has 90 valence electrons. The van der Waals surface area contributed by atoms with E-state index in [-0.39, 0.29) is 6.61 Å². The van der Waals surface area contributed by atoms with Crippen LogP contribution in [-0.2, 0) is 0 Å². The van der Waals surface area contributed by atoms with Gasteiger partial charge >= 0.3 is 0 Å².